The number of rotatable bonds is 6. The second kappa shape index (κ2) is 8.23. The fourth-order valence-electron chi connectivity index (χ4n) is 2.24. The van der Waals surface area contributed by atoms with Gasteiger partial charge in [0.05, 0.1) is 0 Å². The van der Waals surface area contributed by atoms with E-state index in [9.17, 15) is 14.4 Å². The predicted octanol–water partition coefficient (Wildman–Crippen LogP) is 1.29. The van der Waals surface area contributed by atoms with E-state index >= 15 is 0 Å². The number of amides is 2. The molecule has 1 aromatic carbocycles. The van der Waals surface area contributed by atoms with Gasteiger partial charge in [-0.15, -0.1) is 0 Å². The second-order valence-electron chi connectivity index (χ2n) is 5.86. The van der Waals surface area contributed by atoms with Gasteiger partial charge in [0.1, 0.15) is 5.69 Å². The summed E-state index contributed by atoms with van der Waals surface area (Å²) in [5.41, 5.74) is 1.44. The van der Waals surface area contributed by atoms with Crippen LogP contribution in [0.4, 0.5) is 0 Å². The average Bonchev–Trinajstić information content (AvgIpc) is 2.61. The van der Waals surface area contributed by atoms with E-state index in [1.165, 1.54) is 21.7 Å². The van der Waals surface area contributed by atoms with Crippen LogP contribution in [0.15, 0.2) is 41.2 Å². The lowest BCUT2D eigenvalue weighted by Crippen LogP contribution is -2.29. The highest BCUT2D eigenvalue weighted by atomic mass is 16.2. The second-order valence-corrected chi connectivity index (χ2v) is 5.86. The van der Waals surface area contributed by atoms with E-state index in [1.54, 1.807) is 38.4 Å². The quantitative estimate of drug-likeness (QED) is 0.857. The van der Waals surface area contributed by atoms with Crippen LogP contribution in [0.3, 0.4) is 0 Å². The Bertz CT molecular complexity index is 810. The number of carbonyl (C=O) groups excluding carboxylic acids is 2. The van der Waals surface area contributed by atoms with Crippen LogP contribution in [0.1, 0.15) is 39.8 Å². The third kappa shape index (κ3) is 4.76. The molecule has 0 radical (unpaired) electrons. The van der Waals surface area contributed by atoms with Crippen molar-refractivity contribution in [3.05, 3.63) is 63.6 Å². The standard InChI is InChI=1S/C18H22N4O3/c1-4-11-22-16(23)10-9-15(20-22)17(24)19-12-13-5-7-14(8-6-13)18(25)21(2)3/h5-10H,4,11-12H2,1-3H3,(H,19,24). The maximum Gasteiger partial charge on any atom is 0.271 e. The molecule has 0 atom stereocenters. The van der Waals surface area contributed by atoms with Crippen molar-refractivity contribution < 1.29 is 9.59 Å². The minimum absolute atomic E-state index is 0.0713. The Labute approximate surface area is 146 Å². The number of carbonyl (C=O) groups is 2. The molecule has 25 heavy (non-hydrogen) atoms. The number of nitrogens with one attached hydrogen (secondary N) is 1. The molecule has 1 N–H and O–H groups in total. The van der Waals surface area contributed by atoms with E-state index in [1.807, 2.05) is 6.92 Å². The van der Waals surface area contributed by atoms with Gasteiger partial charge in [0.2, 0.25) is 0 Å². The highest BCUT2D eigenvalue weighted by Crippen LogP contribution is 2.06. The van der Waals surface area contributed by atoms with Gasteiger partial charge in [0.15, 0.2) is 0 Å². The summed E-state index contributed by atoms with van der Waals surface area (Å²) in [4.78, 5) is 37.2. The molecule has 0 aliphatic carbocycles. The van der Waals surface area contributed by atoms with Crippen LogP contribution in [-0.2, 0) is 13.1 Å². The zero-order valence-electron chi connectivity index (χ0n) is 14.7. The van der Waals surface area contributed by atoms with Crippen LogP contribution in [0, 0.1) is 0 Å². The van der Waals surface area contributed by atoms with Gasteiger partial charge in [-0.25, -0.2) is 4.68 Å². The van der Waals surface area contributed by atoms with Crippen LogP contribution in [0.25, 0.3) is 0 Å². The highest BCUT2D eigenvalue weighted by molar-refractivity contribution is 5.94. The Kier molecular flexibility index (Phi) is 6.05. The molecule has 2 rings (SSSR count). The van der Waals surface area contributed by atoms with Crippen molar-refractivity contribution >= 4 is 11.8 Å². The molecule has 7 heteroatoms. The van der Waals surface area contributed by atoms with Crippen molar-refractivity contribution in [1.82, 2.24) is 20.0 Å². The minimum Gasteiger partial charge on any atom is -0.347 e. The van der Waals surface area contributed by atoms with Crippen LogP contribution in [0.5, 0.6) is 0 Å². The van der Waals surface area contributed by atoms with Gasteiger partial charge >= 0.3 is 0 Å². The zero-order valence-corrected chi connectivity index (χ0v) is 14.7. The molecular formula is C18H22N4O3. The molecule has 0 unspecified atom stereocenters. The molecule has 0 aliphatic heterocycles. The third-order valence-corrected chi connectivity index (χ3v) is 3.59. The highest BCUT2D eigenvalue weighted by Gasteiger charge is 2.10. The smallest absolute Gasteiger partial charge is 0.271 e. The van der Waals surface area contributed by atoms with Gasteiger partial charge in [0, 0.05) is 38.8 Å². The molecule has 0 spiro atoms. The summed E-state index contributed by atoms with van der Waals surface area (Å²) < 4.78 is 1.29. The van der Waals surface area contributed by atoms with Gasteiger partial charge in [-0.2, -0.15) is 5.10 Å². The Morgan fingerprint density at radius 2 is 1.80 bits per heavy atom. The number of hydrogen-bond acceptors (Lipinski definition) is 4. The number of hydrogen-bond donors (Lipinski definition) is 1. The number of aryl methyl sites for hydroxylation is 1. The van der Waals surface area contributed by atoms with Gasteiger partial charge < -0.3 is 10.2 Å². The molecule has 0 saturated carbocycles. The molecule has 0 saturated heterocycles. The lowest BCUT2D eigenvalue weighted by Gasteiger charge is -2.11. The molecular weight excluding hydrogens is 320 g/mol. The molecule has 0 aliphatic rings. The van der Waals surface area contributed by atoms with Crippen molar-refractivity contribution in [3.8, 4) is 0 Å². The van der Waals surface area contributed by atoms with Crippen LogP contribution < -0.4 is 10.9 Å². The molecule has 132 valence electrons. The largest absolute Gasteiger partial charge is 0.347 e. The minimum atomic E-state index is -0.349. The van der Waals surface area contributed by atoms with E-state index in [-0.39, 0.29) is 23.1 Å². The topological polar surface area (TPSA) is 84.3 Å². The number of benzene rings is 1. The van der Waals surface area contributed by atoms with Crippen molar-refractivity contribution in [1.29, 1.82) is 0 Å². The van der Waals surface area contributed by atoms with Gasteiger partial charge in [-0.1, -0.05) is 19.1 Å². The van der Waals surface area contributed by atoms with E-state index in [2.05, 4.69) is 10.4 Å². The molecule has 0 bridgehead atoms. The Morgan fingerprint density at radius 1 is 1.12 bits per heavy atom. The van der Waals surface area contributed by atoms with Gasteiger partial charge in [0.25, 0.3) is 17.4 Å². The molecule has 1 aromatic heterocycles. The molecule has 1 heterocycles. The first-order valence-corrected chi connectivity index (χ1v) is 8.09. The van der Waals surface area contributed by atoms with Crippen molar-refractivity contribution in [3.63, 3.8) is 0 Å². The molecule has 2 amide bonds. The molecule has 0 fully saturated rings. The number of nitrogens with zero attached hydrogens (tertiary/aromatic N) is 3. The SMILES string of the molecule is CCCn1nc(C(=O)NCc2ccc(C(=O)N(C)C)cc2)ccc1=O. The van der Waals surface area contributed by atoms with Crippen molar-refractivity contribution in [2.75, 3.05) is 14.1 Å². The van der Waals surface area contributed by atoms with Crippen LogP contribution in [0.2, 0.25) is 0 Å². The lowest BCUT2D eigenvalue weighted by atomic mass is 10.1. The van der Waals surface area contributed by atoms with E-state index < -0.39 is 0 Å². The van der Waals surface area contributed by atoms with Crippen molar-refractivity contribution in [2.24, 2.45) is 0 Å². The zero-order chi connectivity index (χ0) is 18.4. The molecule has 2 aromatic rings. The maximum absolute atomic E-state index is 12.2. The summed E-state index contributed by atoms with van der Waals surface area (Å²) in [5, 5.41) is 6.84. The van der Waals surface area contributed by atoms with E-state index in [0.717, 1.165) is 12.0 Å². The Hall–Kier alpha value is -2.96. The van der Waals surface area contributed by atoms with Crippen LogP contribution >= 0.6 is 0 Å². The normalized spacial score (nSPS) is 10.4. The first-order chi connectivity index (χ1) is 11.9. The maximum atomic E-state index is 12.2. The van der Waals surface area contributed by atoms with Gasteiger partial charge in [-0.05, 0) is 30.2 Å². The van der Waals surface area contributed by atoms with Crippen molar-refractivity contribution in [2.45, 2.75) is 26.4 Å². The predicted molar refractivity (Wildman–Crippen MR) is 94.4 cm³/mol. The van der Waals surface area contributed by atoms with E-state index in [0.29, 0.717) is 18.7 Å². The summed E-state index contributed by atoms with van der Waals surface area (Å²) >= 11 is 0. The molecule has 7 nitrogen and oxygen atoms in total. The summed E-state index contributed by atoms with van der Waals surface area (Å²) in [6.07, 6.45) is 0.760. The lowest BCUT2D eigenvalue weighted by molar-refractivity contribution is 0.0827. The summed E-state index contributed by atoms with van der Waals surface area (Å²) in [6, 6.07) is 9.81. The fraction of sp³-hybridized carbons (Fsp3) is 0.333. The summed E-state index contributed by atoms with van der Waals surface area (Å²) in [7, 11) is 3.39. The monoisotopic (exact) mass is 342 g/mol. The third-order valence-electron chi connectivity index (χ3n) is 3.59. The first kappa shape index (κ1) is 18.4. The first-order valence-electron chi connectivity index (χ1n) is 8.09. The number of aromatic nitrogens is 2. The summed E-state index contributed by atoms with van der Waals surface area (Å²) in [6.45, 7) is 2.72. The summed E-state index contributed by atoms with van der Waals surface area (Å²) in [5.74, 6) is -0.420. The van der Waals surface area contributed by atoms with E-state index in [4.69, 9.17) is 0 Å². The Morgan fingerprint density at radius 3 is 2.40 bits per heavy atom. The fourth-order valence-corrected chi connectivity index (χ4v) is 2.24. The average molecular weight is 342 g/mol. The van der Waals surface area contributed by atoms with Gasteiger partial charge in [-0.3, -0.25) is 14.4 Å². The van der Waals surface area contributed by atoms with Crippen LogP contribution in [-0.4, -0.2) is 40.6 Å². The Balaban J connectivity index is 2.01.